The van der Waals surface area contributed by atoms with Crippen molar-refractivity contribution < 1.29 is 9.13 Å². The summed E-state index contributed by atoms with van der Waals surface area (Å²) in [5.41, 5.74) is 1.49. The average Bonchev–Trinajstić information content (AvgIpc) is 2.92. The third kappa shape index (κ3) is 1.86. The maximum Gasteiger partial charge on any atom is 0.123 e. The minimum Gasteiger partial charge on any atom is -0.490 e. The van der Waals surface area contributed by atoms with Crippen molar-refractivity contribution in [3.63, 3.8) is 0 Å². The van der Waals surface area contributed by atoms with E-state index in [1.165, 1.54) is 18.9 Å². The average molecular weight is 285 g/mol. The van der Waals surface area contributed by atoms with Gasteiger partial charge >= 0.3 is 0 Å². The molecule has 16 heavy (non-hydrogen) atoms. The maximum absolute atomic E-state index is 13.0. The number of halogens is 2. The molecule has 3 rings (SSSR count). The van der Waals surface area contributed by atoms with Crippen LogP contribution in [0.4, 0.5) is 4.39 Å². The van der Waals surface area contributed by atoms with E-state index in [1.54, 1.807) is 12.1 Å². The number of ether oxygens (including phenoxy) is 1. The summed E-state index contributed by atoms with van der Waals surface area (Å²) in [6.07, 6.45) is 4.79. The number of hydrogen-bond acceptors (Lipinski definition) is 1. The van der Waals surface area contributed by atoms with Crippen LogP contribution in [0.5, 0.6) is 5.75 Å². The lowest BCUT2D eigenvalue weighted by Gasteiger charge is -2.16. The quantitative estimate of drug-likeness (QED) is 0.769. The lowest BCUT2D eigenvalue weighted by Crippen LogP contribution is -2.19. The van der Waals surface area contributed by atoms with E-state index in [0.717, 1.165) is 29.5 Å². The Balaban J connectivity index is 1.71. The van der Waals surface area contributed by atoms with Gasteiger partial charge in [0.2, 0.25) is 0 Å². The van der Waals surface area contributed by atoms with Crippen molar-refractivity contribution >= 4 is 15.9 Å². The molecular weight excluding hydrogens is 271 g/mol. The summed E-state index contributed by atoms with van der Waals surface area (Å²) in [5.74, 6) is 0.710. The highest BCUT2D eigenvalue weighted by Crippen LogP contribution is 2.52. The molecule has 0 amide bonds. The van der Waals surface area contributed by atoms with Crippen LogP contribution in [0.1, 0.15) is 24.8 Å². The molecule has 0 saturated heterocycles. The third-order valence-electron chi connectivity index (χ3n) is 3.67. The Morgan fingerprint density at radius 1 is 1.44 bits per heavy atom. The van der Waals surface area contributed by atoms with Crippen molar-refractivity contribution in [3.8, 4) is 5.75 Å². The first-order valence-corrected chi connectivity index (χ1v) is 6.84. The SMILES string of the molecule is Fc1ccc2c(c1)CC(CC1(CBr)CC1)O2. The van der Waals surface area contributed by atoms with Crippen molar-refractivity contribution in [2.75, 3.05) is 5.33 Å². The molecule has 1 aromatic carbocycles. The van der Waals surface area contributed by atoms with Crippen LogP contribution in [0, 0.1) is 11.2 Å². The predicted molar refractivity (Wildman–Crippen MR) is 64.6 cm³/mol. The van der Waals surface area contributed by atoms with E-state index in [9.17, 15) is 4.39 Å². The second-order valence-corrected chi connectivity index (χ2v) is 5.59. The Labute approximate surface area is 103 Å². The molecule has 1 nitrogen and oxygen atoms in total. The lowest BCUT2D eigenvalue weighted by atomic mass is 9.98. The standard InChI is InChI=1S/C13H14BrFO/c14-8-13(3-4-13)7-11-6-9-5-10(15)1-2-12(9)16-11/h1-2,5,11H,3-4,6-8H2. The fourth-order valence-electron chi connectivity index (χ4n) is 2.45. The van der Waals surface area contributed by atoms with Gasteiger partial charge in [0.05, 0.1) is 0 Å². The van der Waals surface area contributed by atoms with Gasteiger partial charge in [-0.3, -0.25) is 0 Å². The lowest BCUT2D eigenvalue weighted by molar-refractivity contribution is 0.193. The first-order valence-electron chi connectivity index (χ1n) is 5.72. The van der Waals surface area contributed by atoms with Crippen LogP contribution in [0.25, 0.3) is 0 Å². The zero-order valence-electron chi connectivity index (χ0n) is 9.01. The Bertz CT molecular complexity index is 414. The van der Waals surface area contributed by atoms with Gasteiger partial charge in [0.1, 0.15) is 17.7 Å². The van der Waals surface area contributed by atoms with Gasteiger partial charge in [0, 0.05) is 17.3 Å². The van der Waals surface area contributed by atoms with Crippen molar-refractivity contribution in [2.24, 2.45) is 5.41 Å². The normalized spacial score (nSPS) is 25.0. The summed E-state index contributed by atoms with van der Waals surface area (Å²) in [5, 5.41) is 1.06. The highest BCUT2D eigenvalue weighted by molar-refractivity contribution is 9.09. The van der Waals surface area contributed by atoms with E-state index in [0.29, 0.717) is 5.41 Å². The first kappa shape index (κ1) is 10.6. The molecule has 1 aliphatic heterocycles. The van der Waals surface area contributed by atoms with Crippen molar-refractivity contribution in [1.82, 2.24) is 0 Å². The molecule has 1 atom stereocenters. The molecule has 2 aliphatic rings. The maximum atomic E-state index is 13.0. The largest absolute Gasteiger partial charge is 0.490 e. The second-order valence-electron chi connectivity index (χ2n) is 5.03. The molecule has 0 bridgehead atoms. The predicted octanol–water partition coefficient (Wildman–Crippen LogP) is 3.69. The molecule has 1 heterocycles. The highest BCUT2D eigenvalue weighted by atomic mass is 79.9. The van der Waals surface area contributed by atoms with Gasteiger partial charge in [-0.2, -0.15) is 0 Å². The Kier molecular flexibility index (Phi) is 2.46. The zero-order chi connectivity index (χ0) is 11.2. The Morgan fingerprint density at radius 2 is 2.25 bits per heavy atom. The van der Waals surface area contributed by atoms with Crippen LogP contribution in [0.15, 0.2) is 18.2 Å². The van der Waals surface area contributed by atoms with E-state index in [1.807, 2.05) is 0 Å². The molecule has 0 spiro atoms. The van der Waals surface area contributed by atoms with Crippen LogP contribution in [-0.4, -0.2) is 11.4 Å². The molecule has 0 N–H and O–H groups in total. The van der Waals surface area contributed by atoms with E-state index >= 15 is 0 Å². The number of benzene rings is 1. The van der Waals surface area contributed by atoms with Crippen molar-refractivity contribution in [1.29, 1.82) is 0 Å². The molecule has 1 saturated carbocycles. The fraction of sp³-hybridized carbons (Fsp3) is 0.538. The minimum atomic E-state index is -0.162. The van der Waals surface area contributed by atoms with Crippen molar-refractivity contribution in [3.05, 3.63) is 29.6 Å². The van der Waals surface area contributed by atoms with E-state index in [-0.39, 0.29) is 11.9 Å². The zero-order valence-corrected chi connectivity index (χ0v) is 10.6. The summed E-state index contributed by atoms with van der Waals surface area (Å²) in [6.45, 7) is 0. The smallest absolute Gasteiger partial charge is 0.123 e. The van der Waals surface area contributed by atoms with Gasteiger partial charge in [-0.25, -0.2) is 4.39 Å². The number of alkyl halides is 1. The Hall–Kier alpha value is -0.570. The first-order chi connectivity index (χ1) is 7.71. The molecular formula is C13H14BrFO. The summed E-state index contributed by atoms with van der Waals surface area (Å²) in [4.78, 5) is 0. The third-order valence-corrected chi connectivity index (χ3v) is 4.85. The van der Waals surface area contributed by atoms with Gasteiger partial charge < -0.3 is 4.74 Å². The summed E-state index contributed by atoms with van der Waals surface area (Å²) in [6, 6.07) is 4.82. The van der Waals surface area contributed by atoms with E-state index in [2.05, 4.69) is 15.9 Å². The van der Waals surface area contributed by atoms with Crippen LogP contribution < -0.4 is 4.74 Å². The molecule has 3 heteroatoms. The monoisotopic (exact) mass is 284 g/mol. The van der Waals surface area contributed by atoms with Crippen LogP contribution in [0.3, 0.4) is 0 Å². The minimum absolute atomic E-state index is 0.162. The number of fused-ring (bicyclic) bond motifs is 1. The summed E-state index contributed by atoms with van der Waals surface area (Å²) >= 11 is 3.57. The molecule has 1 unspecified atom stereocenters. The van der Waals surface area contributed by atoms with Gasteiger partial charge in [0.15, 0.2) is 0 Å². The van der Waals surface area contributed by atoms with E-state index in [4.69, 9.17) is 4.74 Å². The highest BCUT2D eigenvalue weighted by Gasteiger charge is 2.44. The van der Waals surface area contributed by atoms with Gasteiger partial charge in [0.25, 0.3) is 0 Å². The molecule has 0 radical (unpaired) electrons. The molecule has 1 aromatic rings. The Morgan fingerprint density at radius 3 is 2.94 bits per heavy atom. The van der Waals surface area contributed by atoms with Crippen LogP contribution in [0.2, 0.25) is 0 Å². The van der Waals surface area contributed by atoms with Crippen molar-refractivity contribution in [2.45, 2.75) is 31.8 Å². The topological polar surface area (TPSA) is 9.23 Å². The fourth-order valence-corrected chi connectivity index (χ4v) is 3.24. The molecule has 1 aliphatic carbocycles. The van der Waals surface area contributed by atoms with Gasteiger partial charge in [-0.15, -0.1) is 0 Å². The molecule has 86 valence electrons. The van der Waals surface area contributed by atoms with Gasteiger partial charge in [-0.1, -0.05) is 15.9 Å². The van der Waals surface area contributed by atoms with E-state index < -0.39 is 0 Å². The molecule has 0 aromatic heterocycles. The van der Waals surface area contributed by atoms with Crippen LogP contribution >= 0.6 is 15.9 Å². The number of rotatable bonds is 3. The van der Waals surface area contributed by atoms with Gasteiger partial charge in [-0.05, 0) is 42.9 Å². The summed E-state index contributed by atoms with van der Waals surface area (Å²) in [7, 11) is 0. The van der Waals surface area contributed by atoms with Crippen LogP contribution in [-0.2, 0) is 6.42 Å². The second kappa shape index (κ2) is 3.73. The molecule has 1 fully saturated rings. The summed E-state index contributed by atoms with van der Waals surface area (Å²) < 4.78 is 18.9. The number of hydrogen-bond donors (Lipinski definition) is 0.